The lowest BCUT2D eigenvalue weighted by Gasteiger charge is -2.11. The van der Waals surface area contributed by atoms with E-state index in [-0.39, 0.29) is 0 Å². The number of nitrogen functional groups attached to an aromatic ring is 1. The lowest BCUT2D eigenvalue weighted by molar-refractivity contribution is 0.582. The van der Waals surface area contributed by atoms with E-state index in [1.165, 1.54) is 44.1 Å². The summed E-state index contributed by atoms with van der Waals surface area (Å²) in [7, 11) is 0. The van der Waals surface area contributed by atoms with Gasteiger partial charge in [0.05, 0.1) is 5.69 Å². The quantitative estimate of drug-likeness (QED) is 0.790. The molecule has 2 N–H and O–H groups in total. The van der Waals surface area contributed by atoms with Gasteiger partial charge in [-0.15, -0.1) is 0 Å². The Morgan fingerprint density at radius 3 is 2.63 bits per heavy atom. The van der Waals surface area contributed by atoms with Crippen LogP contribution in [0.25, 0.3) is 5.65 Å². The van der Waals surface area contributed by atoms with Gasteiger partial charge in [0.15, 0.2) is 0 Å². The minimum absolute atomic E-state index is 0.542. The van der Waals surface area contributed by atoms with Crippen molar-refractivity contribution in [2.45, 2.75) is 51.4 Å². The Morgan fingerprint density at radius 2 is 1.95 bits per heavy atom. The van der Waals surface area contributed by atoms with Crippen LogP contribution in [0.3, 0.4) is 0 Å². The molecule has 0 atom stereocenters. The Bertz CT molecular complexity index is 595. The molecule has 0 spiro atoms. The first-order chi connectivity index (χ1) is 9.16. The minimum Gasteiger partial charge on any atom is -0.383 e. The first-order valence-electron chi connectivity index (χ1n) is 7.10. The van der Waals surface area contributed by atoms with Gasteiger partial charge in [-0.3, -0.25) is 4.40 Å². The molecular formula is C15H20BrN3. The molecule has 2 aromatic heterocycles. The van der Waals surface area contributed by atoms with Gasteiger partial charge >= 0.3 is 0 Å². The monoisotopic (exact) mass is 321 g/mol. The zero-order chi connectivity index (χ0) is 13.4. The number of nitrogens with two attached hydrogens (primary N) is 1. The van der Waals surface area contributed by atoms with Crippen LogP contribution in [0.15, 0.2) is 16.7 Å². The minimum atomic E-state index is 0.542. The number of rotatable bonds is 1. The van der Waals surface area contributed by atoms with Gasteiger partial charge in [0.2, 0.25) is 0 Å². The Kier molecular flexibility index (Phi) is 3.52. The molecule has 0 aliphatic heterocycles. The van der Waals surface area contributed by atoms with E-state index in [1.807, 2.05) is 10.6 Å². The molecule has 1 aliphatic carbocycles. The van der Waals surface area contributed by atoms with Crippen LogP contribution in [0.5, 0.6) is 0 Å². The molecule has 1 aliphatic rings. The molecule has 0 radical (unpaired) electrons. The van der Waals surface area contributed by atoms with Gasteiger partial charge in [0, 0.05) is 16.6 Å². The van der Waals surface area contributed by atoms with Crippen molar-refractivity contribution in [3.8, 4) is 0 Å². The van der Waals surface area contributed by atoms with E-state index in [4.69, 9.17) is 10.7 Å². The van der Waals surface area contributed by atoms with Crippen molar-refractivity contribution in [3.05, 3.63) is 28.0 Å². The number of fused-ring (bicyclic) bond motifs is 1. The standard InChI is InChI=1S/C15H20BrN3/c1-10-8-12(16)9-19-14(17)13(18-15(10)19)11-6-4-2-3-5-7-11/h8-9,11H,2-7,17H2,1H3. The number of halogens is 1. The van der Waals surface area contributed by atoms with E-state index in [9.17, 15) is 0 Å². The number of hydrogen-bond donors (Lipinski definition) is 1. The zero-order valence-electron chi connectivity index (χ0n) is 11.3. The van der Waals surface area contributed by atoms with Crippen molar-refractivity contribution in [2.24, 2.45) is 0 Å². The Hall–Kier alpha value is -1.03. The summed E-state index contributed by atoms with van der Waals surface area (Å²) in [6.07, 6.45) is 9.80. The topological polar surface area (TPSA) is 43.3 Å². The molecule has 0 aromatic carbocycles. The summed E-state index contributed by atoms with van der Waals surface area (Å²) in [6, 6.07) is 2.10. The van der Waals surface area contributed by atoms with E-state index in [0.29, 0.717) is 5.92 Å². The maximum absolute atomic E-state index is 6.34. The van der Waals surface area contributed by atoms with Crippen LogP contribution < -0.4 is 5.73 Å². The third-order valence-corrected chi connectivity index (χ3v) is 4.61. The second-order valence-corrected chi connectivity index (χ2v) is 6.52. The fourth-order valence-corrected chi connectivity index (χ4v) is 3.70. The first-order valence-corrected chi connectivity index (χ1v) is 7.89. The highest BCUT2D eigenvalue weighted by molar-refractivity contribution is 9.10. The summed E-state index contributed by atoms with van der Waals surface area (Å²) in [5.74, 6) is 1.37. The Balaban J connectivity index is 2.08. The van der Waals surface area contributed by atoms with E-state index in [2.05, 4.69) is 28.9 Å². The molecule has 4 heteroatoms. The van der Waals surface area contributed by atoms with Crippen LogP contribution in [-0.2, 0) is 0 Å². The number of hydrogen-bond acceptors (Lipinski definition) is 2. The Morgan fingerprint density at radius 1 is 1.26 bits per heavy atom. The van der Waals surface area contributed by atoms with Gasteiger partial charge in [0.25, 0.3) is 0 Å². The van der Waals surface area contributed by atoms with Crippen LogP contribution in [-0.4, -0.2) is 9.38 Å². The van der Waals surface area contributed by atoms with Crippen molar-refractivity contribution < 1.29 is 0 Å². The van der Waals surface area contributed by atoms with Crippen LogP contribution in [0, 0.1) is 6.92 Å². The van der Waals surface area contributed by atoms with E-state index < -0.39 is 0 Å². The molecule has 0 bridgehead atoms. The van der Waals surface area contributed by atoms with Crippen molar-refractivity contribution in [3.63, 3.8) is 0 Å². The molecule has 3 rings (SSSR count). The molecule has 0 saturated heterocycles. The number of imidazole rings is 1. The molecular weight excluding hydrogens is 302 g/mol. The predicted octanol–water partition coefficient (Wildman–Crippen LogP) is 4.43. The number of nitrogens with zero attached hydrogens (tertiary/aromatic N) is 2. The van der Waals surface area contributed by atoms with E-state index >= 15 is 0 Å². The third kappa shape index (κ3) is 2.38. The number of aryl methyl sites for hydroxylation is 1. The number of pyridine rings is 1. The van der Waals surface area contributed by atoms with Crippen molar-refractivity contribution in [2.75, 3.05) is 5.73 Å². The second-order valence-electron chi connectivity index (χ2n) is 5.61. The molecule has 2 aromatic rings. The summed E-state index contributed by atoms with van der Waals surface area (Å²) in [5.41, 5.74) is 9.62. The third-order valence-electron chi connectivity index (χ3n) is 4.18. The fourth-order valence-electron chi connectivity index (χ4n) is 3.16. The van der Waals surface area contributed by atoms with Crippen LogP contribution >= 0.6 is 15.9 Å². The zero-order valence-corrected chi connectivity index (χ0v) is 12.9. The largest absolute Gasteiger partial charge is 0.383 e. The molecule has 2 heterocycles. The number of aromatic nitrogens is 2. The summed E-state index contributed by atoms with van der Waals surface area (Å²) in [6.45, 7) is 2.09. The van der Waals surface area contributed by atoms with Crippen LogP contribution in [0.1, 0.15) is 55.7 Å². The summed E-state index contributed by atoms with van der Waals surface area (Å²) in [4.78, 5) is 4.84. The summed E-state index contributed by atoms with van der Waals surface area (Å²) in [5, 5.41) is 0. The normalized spacial score (nSPS) is 17.8. The molecule has 0 unspecified atom stereocenters. The molecule has 0 amide bonds. The van der Waals surface area contributed by atoms with Gasteiger partial charge in [-0.05, 0) is 47.3 Å². The van der Waals surface area contributed by atoms with Gasteiger partial charge < -0.3 is 5.73 Å². The Labute approximate surface area is 122 Å². The van der Waals surface area contributed by atoms with Crippen molar-refractivity contribution >= 4 is 27.4 Å². The second kappa shape index (κ2) is 5.16. The average Bonchev–Trinajstić information content (AvgIpc) is 2.58. The predicted molar refractivity (Wildman–Crippen MR) is 82.5 cm³/mol. The SMILES string of the molecule is Cc1cc(Br)cn2c(N)c(C3CCCCCC3)nc12. The van der Waals surface area contributed by atoms with E-state index in [0.717, 1.165) is 21.6 Å². The van der Waals surface area contributed by atoms with Gasteiger partial charge in [-0.1, -0.05) is 25.7 Å². The summed E-state index contributed by atoms with van der Waals surface area (Å²) < 4.78 is 3.08. The number of anilines is 1. The van der Waals surface area contributed by atoms with Gasteiger partial charge in [-0.2, -0.15) is 0 Å². The molecule has 1 saturated carbocycles. The van der Waals surface area contributed by atoms with Crippen molar-refractivity contribution in [1.82, 2.24) is 9.38 Å². The highest BCUT2D eigenvalue weighted by atomic mass is 79.9. The fraction of sp³-hybridized carbons (Fsp3) is 0.533. The molecule has 102 valence electrons. The molecule has 1 fully saturated rings. The average molecular weight is 322 g/mol. The van der Waals surface area contributed by atoms with Crippen molar-refractivity contribution in [1.29, 1.82) is 0 Å². The summed E-state index contributed by atoms with van der Waals surface area (Å²) >= 11 is 3.53. The first kappa shape index (κ1) is 13.0. The highest BCUT2D eigenvalue weighted by Crippen LogP contribution is 2.35. The molecule has 19 heavy (non-hydrogen) atoms. The highest BCUT2D eigenvalue weighted by Gasteiger charge is 2.21. The van der Waals surface area contributed by atoms with Gasteiger partial charge in [-0.25, -0.2) is 4.98 Å². The smallest absolute Gasteiger partial charge is 0.141 e. The molecule has 3 nitrogen and oxygen atoms in total. The lowest BCUT2D eigenvalue weighted by Crippen LogP contribution is -2.03. The van der Waals surface area contributed by atoms with Crippen LogP contribution in [0.2, 0.25) is 0 Å². The van der Waals surface area contributed by atoms with Crippen LogP contribution in [0.4, 0.5) is 5.82 Å². The maximum Gasteiger partial charge on any atom is 0.141 e. The lowest BCUT2D eigenvalue weighted by atomic mass is 9.97. The maximum atomic E-state index is 6.34. The van der Waals surface area contributed by atoms with E-state index in [1.54, 1.807) is 0 Å². The van der Waals surface area contributed by atoms with Gasteiger partial charge in [0.1, 0.15) is 11.5 Å².